The molecule has 0 amide bonds. The van der Waals surface area contributed by atoms with Crippen LogP contribution in [0.2, 0.25) is 0 Å². The number of rotatable bonds is 5. The maximum atomic E-state index is 10.9. The van der Waals surface area contributed by atoms with E-state index in [0.29, 0.717) is 0 Å². The smallest absolute Gasteiger partial charge is 0.307 e. The quantitative estimate of drug-likeness (QED) is 0.637. The van der Waals surface area contributed by atoms with Crippen molar-refractivity contribution in [3.63, 3.8) is 0 Å². The van der Waals surface area contributed by atoms with Gasteiger partial charge in [0.05, 0.1) is 12.4 Å². The molecule has 0 unspecified atom stereocenters. The van der Waals surface area contributed by atoms with E-state index in [4.69, 9.17) is 4.74 Å². The van der Waals surface area contributed by atoms with Gasteiger partial charge in [-0.05, 0) is 23.3 Å². The predicted octanol–water partition coefficient (Wildman–Crippen LogP) is 4.34. The summed E-state index contributed by atoms with van der Waals surface area (Å²) in [5, 5.41) is 10.7. The Morgan fingerprint density at radius 3 is 2.41 bits per heavy atom. The van der Waals surface area contributed by atoms with Gasteiger partial charge in [0.15, 0.2) is 0 Å². The highest BCUT2D eigenvalue weighted by Gasteiger charge is 2.22. The Morgan fingerprint density at radius 1 is 1.14 bits per heavy atom. The van der Waals surface area contributed by atoms with Gasteiger partial charge in [-0.25, -0.2) is 0 Å². The summed E-state index contributed by atoms with van der Waals surface area (Å²) in [4.78, 5) is 10.9. The maximum Gasteiger partial charge on any atom is 0.307 e. The number of benzene rings is 2. The Labute approximate surface area is 138 Å². The maximum absolute atomic E-state index is 10.9. The van der Waals surface area contributed by atoms with Crippen LogP contribution in [0.4, 0.5) is 0 Å². The van der Waals surface area contributed by atoms with E-state index in [1.807, 2.05) is 54.6 Å². The lowest BCUT2D eigenvalue weighted by Gasteiger charge is -2.21. The number of aliphatic hydroxyl groups excluding tert-OH is 1. The summed E-state index contributed by atoms with van der Waals surface area (Å²) < 4.78 is 5.77. The highest BCUT2D eigenvalue weighted by molar-refractivity contribution is 9.10. The topological polar surface area (TPSA) is 46.5 Å². The van der Waals surface area contributed by atoms with Crippen LogP contribution in [0.3, 0.4) is 0 Å². The summed E-state index contributed by atoms with van der Waals surface area (Å²) in [6.07, 6.45) is 2.28. The molecule has 1 N–H and O–H groups in total. The SMILES string of the molecule is CC(=O)O/C=C\[C@@H](c1ccccc1Br)[C@@H](O)c1ccccc1. The molecule has 2 aromatic rings. The van der Waals surface area contributed by atoms with Crippen molar-refractivity contribution in [2.24, 2.45) is 0 Å². The van der Waals surface area contributed by atoms with Crippen LogP contribution >= 0.6 is 15.9 Å². The molecular weight excluding hydrogens is 344 g/mol. The van der Waals surface area contributed by atoms with Crippen molar-refractivity contribution in [1.29, 1.82) is 0 Å². The van der Waals surface area contributed by atoms with Gasteiger partial charge in [0.1, 0.15) is 0 Å². The predicted molar refractivity (Wildman–Crippen MR) is 89.2 cm³/mol. The van der Waals surface area contributed by atoms with Crippen LogP contribution < -0.4 is 0 Å². The molecule has 0 saturated carbocycles. The fourth-order valence-electron chi connectivity index (χ4n) is 2.20. The van der Waals surface area contributed by atoms with E-state index >= 15 is 0 Å². The molecule has 4 heteroatoms. The average molecular weight is 361 g/mol. The normalized spacial score (nSPS) is 13.8. The zero-order chi connectivity index (χ0) is 15.9. The molecule has 0 aromatic heterocycles. The zero-order valence-electron chi connectivity index (χ0n) is 12.1. The zero-order valence-corrected chi connectivity index (χ0v) is 13.7. The Hall–Kier alpha value is -1.91. The van der Waals surface area contributed by atoms with Gasteiger partial charge in [0, 0.05) is 17.3 Å². The molecule has 2 atom stereocenters. The summed E-state index contributed by atoms with van der Waals surface area (Å²) in [6, 6.07) is 17.1. The van der Waals surface area contributed by atoms with Crippen molar-refractivity contribution in [2.75, 3.05) is 0 Å². The summed E-state index contributed by atoms with van der Waals surface area (Å²) in [6.45, 7) is 1.34. The van der Waals surface area contributed by atoms with Crippen LogP contribution in [0.25, 0.3) is 0 Å². The second-order valence-electron chi connectivity index (χ2n) is 4.84. The summed E-state index contributed by atoms with van der Waals surface area (Å²) in [7, 11) is 0. The van der Waals surface area contributed by atoms with Gasteiger partial charge >= 0.3 is 5.97 Å². The fourth-order valence-corrected chi connectivity index (χ4v) is 2.75. The monoisotopic (exact) mass is 360 g/mol. The van der Waals surface area contributed by atoms with Gasteiger partial charge in [0.2, 0.25) is 0 Å². The fraction of sp³-hybridized carbons (Fsp3) is 0.167. The number of hydrogen-bond donors (Lipinski definition) is 1. The lowest BCUT2D eigenvalue weighted by molar-refractivity contribution is -0.135. The van der Waals surface area contributed by atoms with Crippen molar-refractivity contribution in [1.82, 2.24) is 0 Å². The molecule has 0 aliphatic carbocycles. The van der Waals surface area contributed by atoms with Crippen LogP contribution in [0.15, 0.2) is 71.4 Å². The molecule has 0 fully saturated rings. The molecule has 0 spiro atoms. The van der Waals surface area contributed by atoms with E-state index in [2.05, 4.69) is 15.9 Å². The summed E-state index contributed by atoms with van der Waals surface area (Å²) >= 11 is 3.51. The Bertz CT molecular complexity index is 652. The second-order valence-corrected chi connectivity index (χ2v) is 5.70. The third-order valence-corrected chi connectivity index (χ3v) is 3.99. The molecule has 0 aliphatic rings. The minimum Gasteiger partial charge on any atom is -0.435 e. The van der Waals surface area contributed by atoms with Gasteiger partial charge in [-0.2, -0.15) is 0 Å². The van der Waals surface area contributed by atoms with E-state index < -0.39 is 12.1 Å². The van der Waals surface area contributed by atoms with Crippen LogP contribution in [-0.4, -0.2) is 11.1 Å². The van der Waals surface area contributed by atoms with Crippen molar-refractivity contribution in [2.45, 2.75) is 18.9 Å². The van der Waals surface area contributed by atoms with Crippen molar-refractivity contribution in [3.8, 4) is 0 Å². The molecule has 2 aromatic carbocycles. The molecule has 0 bridgehead atoms. The first-order valence-corrected chi connectivity index (χ1v) is 7.70. The molecule has 0 aliphatic heterocycles. The first-order valence-electron chi connectivity index (χ1n) is 6.91. The van der Waals surface area contributed by atoms with E-state index in [-0.39, 0.29) is 5.92 Å². The first-order chi connectivity index (χ1) is 10.6. The highest BCUT2D eigenvalue weighted by Crippen LogP contribution is 2.35. The molecule has 3 nitrogen and oxygen atoms in total. The molecule has 0 saturated heterocycles. The summed E-state index contributed by atoms with van der Waals surface area (Å²) in [5.74, 6) is -0.728. The summed E-state index contributed by atoms with van der Waals surface area (Å²) in [5.41, 5.74) is 1.72. The van der Waals surface area contributed by atoms with Crippen molar-refractivity contribution in [3.05, 3.63) is 82.5 Å². The third-order valence-electron chi connectivity index (χ3n) is 3.27. The van der Waals surface area contributed by atoms with Crippen LogP contribution in [0.5, 0.6) is 0 Å². The van der Waals surface area contributed by atoms with Gasteiger partial charge in [-0.3, -0.25) is 4.79 Å². The van der Waals surface area contributed by atoms with Crippen molar-refractivity contribution >= 4 is 21.9 Å². The van der Waals surface area contributed by atoms with Crippen LogP contribution in [0, 0.1) is 0 Å². The average Bonchev–Trinajstić information content (AvgIpc) is 2.52. The van der Waals surface area contributed by atoms with E-state index in [1.54, 1.807) is 6.08 Å². The Morgan fingerprint density at radius 2 is 1.77 bits per heavy atom. The molecular formula is C18H17BrO3. The van der Waals surface area contributed by atoms with Gasteiger partial charge in [0.25, 0.3) is 0 Å². The lowest BCUT2D eigenvalue weighted by Crippen LogP contribution is -2.10. The first kappa shape index (κ1) is 16.5. The molecule has 0 radical (unpaired) electrons. The van der Waals surface area contributed by atoms with Gasteiger partial charge < -0.3 is 9.84 Å². The second kappa shape index (κ2) is 7.92. The highest BCUT2D eigenvalue weighted by atomic mass is 79.9. The van der Waals surface area contributed by atoms with E-state index in [9.17, 15) is 9.90 Å². The van der Waals surface area contributed by atoms with E-state index in [0.717, 1.165) is 15.6 Å². The molecule has 114 valence electrons. The van der Waals surface area contributed by atoms with E-state index in [1.165, 1.54) is 13.2 Å². The molecule has 22 heavy (non-hydrogen) atoms. The Kier molecular flexibility index (Phi) is 5.92. The van der Waals surface area contributed by atoms with Gasteiger partial charge in [-0.15, -0.1) is 0 Å². The third kappa shape index (κ3) is 4.29. The number of esters is 1. The number of ether oxygens (including phenoxy) is 1. The Balaban J connectivity index is 2.35. The molecule has 0 heterocycles. The lowest BCUT2D eigenvalue weighted by atomic mass is 9.89. The number of carbonyl (C=O) groups is 1. The number of hydrogen-bond acceptors (Lipinski definition) is 3. The van der Waals surface area contributed by atoms with Crippen LogP contribution in [0.1, 0.15) is 30.1 Å². The number of halogens is 1. The largest absolute Gasteiger partial charge is 0.435 e. The van der Waals surface area contributed by atoms with Crippen LogP contribution in [-0.2, 0) is 9.53 Å². The molecule has 2 rings (SSSR count). The van der Waals surface area contributed by atoms with Crippen molar-refractivity contribution < 1.29 is 14.6 Å². The van der Waals surface area contributed by atoms with Gasteiger partial charge in [-0.1, -0.05) is 64.5 Å². The minimum absolute atomic E-state index is 0.336. The number of carbonyl (C=O) groups excluding carboxylic acids is 1. The standard InChI is InChI=1S/C18H17BrO3/c1-13(20)22-12-11-16(15-9-5-6-10-17(15)19)18(21)14-7-3-2-4-8-14/h2-12,16,18,21H,1H3/b12-11-/t16-,18-/m0/s1. The number of aliphatic hydroxyl groups is 1. The minimum atomic E-state index is -0.744.